The van der Waals surface area contributed by atoms with Gasteiger partial charge in [0.1, 0.15) is 0 Å². The zero-order valence-electron chi connectivity index (χ0n) is 17.8. The van der Waals surface area contributed by atoms with E-state index in [0.717, 1.165) is 19.3 Å². The number of rotatable bonds is 11. The number of benzene rings is 1. The average molecular weight is 418 g/mol. The number of carbonyl (C=O) groups excluding carboxylic acids is 1. The Balaban J connectivity index is 0.00000729. The number of allylic oxidation sites excluding steroid dienone is 2. The molecular weight excluding hydrogens is 385 g/mol. The molecule has 0 bridgehead atoms. The SMILES string of the molecule is CCC(CC=CCCC(C)C(=O)NC(C)(C)CS(=O)(=O)[O-])c1ccccc1.[Na+]. The molecule has 152 valence electrons. The van der Waals surface area contributed by atoms with Crippen LogP contribution in [-0.2, 0) is 14.9 Å². The molecule has 0 fully saturated rings. The first-order chi connectivity index (χ1) is 12.5. The van der Waals surface area contributed by atoms with Gasteiger partial charge in [0.15, 0.2) is 0 Å². The van der Waals surface area contributed by atoms with Gasteiger partial charge in [-0.05, 0) is 51.0 Å². The van der Waals surface area contributed by atoms with Crippen molar-refractivity contribution in [3.8, 4) is 0 Å². The Labute approximate surface area is 192 Å². The van der Waals surface area contributed by atoms with E-state index in [1.165, 1.54) is 5.56 Å². The van der Waals surface area contributed by atoms with Gasteiger partial charge in [0.25, 0.3) is 0 Å². The summed E-state index contributed by atoms with van der Waals surface area (Å²) in [7, 11) is -4.39. The number of nitrogens with one attached hydrogen (secondary N) is 1. The summed E-state index contributed by atoms with van der Waals surface area (Å²) in [5.74, 6) is -0.596. The molecule has 1 aromatic carbocycles. The van der Waals surface area contributed by atoms with Crippen LogP contribution in [0.1, 0.15) is 64.9 Å². The fourth-order valence-corrected chi connectivity index (χ4v) is 4.01. The van der Waals surface area contributed by atoms with Crippen LogP contribution in [0.25, 0.3) is 0 Å². The predicted molar refractivity (Wildman–Crippen MR) is 108 cm³/mol. The van der Waals surface area contributed by atoms with Gasteiger partial charge < -0.3 is 9.87 Å². The van der Waals surface area contributed by atoms with Crippen LogP contribution in [0.4, 0.5) is 0 Å². The normalized spacial score (nSPS) is 14.3. The fourth-order valence-electron chi connectivity index (χ4n) is 3.05. The van der Waals surface area contributed by atoms with Gasteiger partial charge in [-0.1, -0.05) is 56.3 Å². The Morgan fingerprint density at radius 2 is 1.82 bits per heavy atom. The maximum absolute atomic E-state index is 12.2. The van der Waals surface area contributed by atoms with E-state index >= 15 is 0 Å². The van der Waals surface area contributed by atoms with Crippen molar-refractivity contribution in [2.75, 3.05) is 5.75 Å². The molecular formula is C21H32NNaO4S. The minimum Gasteiger partial charge on any atom is -0.748 e. The van der Waals surface area contributed by atoms with Crippen LogP contribution in [0, 0.1) is 5.92 Å². The third-order valence-corrected chi connectivity index (χ3v) is 5.64. The van der Waals surface area contributed by atoms with Crippen molar-refractivity contribution in [2.45, 2.75) is 64.8 Å². The van der Waals surface area contributed by atoms with Gasteiger partial charge in [0.2, 0.25) is 5.91 Å². The Morgan fingerprint density at radius 3 is 2.36 bits per heavy atom. The molecule has 0 saturated heterocycles. The maximum atomic E-state index is 12.2. The van der Waals surface area contributed by atoms with Gasteiger partial charge in [-0.15, -0.1) is 0 Å². The first-order valence-corrected chi connectivity index (χ1v) is 11.1. The summed E-state index contributed by atoms with van der Waals surface area (Å²) in [6, 6.07) is 10.4. The topological polar surface area (TPSA) is 86.3 Å². The number of hydrogen-bond acceptors (Lipinski definition) is 4. The standard InChI is InChI=1S/C21H33NO4S.Na/c1-5-18(19-14-10-7-11-15-19)13-9-6-8-12-17(2)20(23)22-21(3,4)16-27(24,25)26;/h6-7,9-11,14-15,17-18H,5,8,12-13,16H2,1-4H3,(H,22,23)(H,24,25,26);/q;+1/p-1. The smallest absolute Gasteiger partial charge is 0.748 e. The Bertz CT molecular complexity index is 717. The largest absolute Gasteiger partial charge is 1.00 e. The van der Waals surface area contributed by atoms with Gasteiger partial charge >= 0.3 is 29.6 Å². The molecule has 1 rings (SSSR count). The van der Waals surface area contributed by atoms with Crippen LogP contribution in [0.3, 0.4) is 0 Å². The molecule has 0 spiro atoms. The van der Waals surface area contributed by atoms with E-state index in [-0.39, 0.29) is 41.4 Å². The second-order valence-electron chi connectivity index (χ2n) is 7.78. The van der Waals surface area contributed by atoms with Crippen molar-refractivity contribution in [3.05, 3.63) is 48.0 Å². The van der Waals surface area contributed by atoms with E-state index in [4.69, 9.17) is 0 Å². The van der Waals surface area contributed by atoms with E-state index < -0.39 is 21.4 Å². The Morgan fingerprint density at radius 1 is 1.21 bits per heavy atom. The predicted octanol–water partition coefficient (Wildman–Crippen LogP) is 0.987. The molecule has 0 saturated carbocycles. The van der Waals surface area contributed by atoms with Crippen molar-refractivity contribution in [3.63, 3.8) is 0 Å². The molecule has 0 radical (unpaired) electrons. The number of carbonyl (C=O) groups is 1. The van der Waals surface area contributed by atoms with Crippen molar-refractivity contribution in [1.29, 1.82) is 0 Å². The zero-order chi connectivity index (χ0) is 20.5. The summed E-state index contributed by atoms with van der Waals surface area (Å²) < 4.78 is 32.7. The molecule has 5 nitrogen and oxygen atoms in total. The Kier molecular flexibility index (Phi) is 12.5. The molecule has 1 aromatic rings. The van der Waals surface area contributed by atoms with Crippen molar-refractivity contribution < 1.29 is 47.3 Å². The third kappa shape index (κ3) is 11.4. The van der Waals surface area contributed by atoms with Gasteiger partial charge in [-0.25, -0.2) is 8.42 Å². The molecule has 1 amide bonds. The molecule has 1 N–H and O–H groups in total. The van der Waals surface area contributed by atoms with E-state index in [0.29, 0.717) is 12.3 Å². The van der Waals surface area contributed by atoms with E-state index in [9.17, 15) is 17.8 Å². The summed E-state index contributed by atoms with van der Waals surface area (Å²) in [6.45, 7) is 7.08. The number of hydrogen-bond donors (Lipinski definition) is 1. The van der Waals surface area contributed by atoms with Crippen LogP contribution in [0.2, 0.25) is 0 Å². The molecule has 0 aliphatic carbocycles. The Hall–Kier alpha value is -0.660. The number of amides is 1. The second kappa shape index (κ2) is 12.8. The fraction of sp³-hybridized carbons (Fsp3) is 0.571. The van der Waals surface area contributed by atoms with Crippen molar-refractivity contribution in [2.24, 2.45) is 5.92 Å². The summed E-state index contributed by atoms with van der Waals surface area (Å²) in [6.07, 6.45) is 7.76. The molecule has 0 heterocycles. The monoisotopic (exact) mass is 417 g/mol. The second-order valence-corrected chi connectivity index (χ2v) is 9.18. The van der Waals surface area contributed by atoms with Gasteiger partial charge in [-0.3, -0.25) is 4.79 Å². The molecule has 2 atom stereocenters. The summed E-state index contributed by atoms with van der Waals surface area (Å²) in [4.78, 5) is 12.2. The first kappa shape index (κ1) is 27.3. The minimum atomic E-state index is -4.39. The third-order valence-electron chi connectivity index (χ3n) is 4.56. The quantitative estimate of drug-likeness (QED) is 0.330. The van der Waals surface area contributed by atoms with Crippen LogP contribution in [-0.4, -0.2) is 30.2 Å². The van der Waals surface area contributed by atoms with Gasteiger partial charge in [0.05, 0.1) is 15.9 Å². The van der Waals surface area contributed by atoms with Crippen molar-refractivity contribution in [1.82, 2.24) is 5.32 Å². The minimum absolute atomic E-state index is 0. The summed E-state index contributed by atoms with van der Waals surface area (Å²) >= 11 is 0. The molecule has 2 unspecified atom stereocenters. The van der Waals surface area contributed by atoms with Gasteiger partial charge in [-0.2, -0.15) is 0 Å². The van der Waals surface area contributed by atoms with E-state index in [2.05, 4.69) is 48.7 Å². The first-order valence-electron chi connectivity index (χ1n) is 9.49. The molecule has 7 heteroatoms. The van der Waals surface area contributed by atoms with Crippen LogP contribution >= 0.6 is 0 Å². The van der Waals surface area contributed by atoms with Gasteiger partial charge in [0, 0.05) is 11.5 Å². The van der Waals surface area contributed by atoms with Crippen LogP contribution in [0.15, 0.2) is 42.5 Å². The molecule has 0 aromatic heterocycles. The van der Waals surface area contributed by atoms with Crippen LogP contribution in [0.5, 0.6) is 0 Å². The van der Waals surface area contributed by atoms with E-state index in [1.807, 2.05) is 13.0 Å². The van der Waals surface area contributed by atoms with Crippen LogP contribution < -0.4 is 34.9 Å². The average Bonchev–Trinajstić information content (AvgIpc) is 2.56. The maximum Gasteiger partial charge on any atom is 1.00 e. The van der Waals surface area contributed by atoms with Crippen molar-refractivity contribution >= 4 is 16.0 Å². The molecule has 0 aliphatic rings. The zero-order valence-corrected chi connectivity index (χ0v) is 20.6. The molecule has 28 heavy (non-hydrogen) atoms. The summed E-state index contributed by atoms with van der Waals surface area (Å²) in [5.41, 5.74) is 0.277. The van der Waals surface area contributed by atoms with E-state index in [1.54, 1.807) is 13.8 Å². The molecule has 0 aliphatic heterocycles. The summed E-state index contributed by atoms with van der Waals surface area (Å²) in [5, 5.41) is 2.66.